The van der Waals surface area contributed by atoms with Gasteiger partial charge in [0, 0.05) is 13.1 Å². The first-order valence-electron chi connectivity index (χ1n) is 7.00. The predicted molar refractivity (Wildman–Crippen MR) is 79.4 cm³/mol. The molecule has 4 heteroatoms. The lowest BCUT2D eigenvalue weighted by Gasteiger charge is -2.23. The van der Waals surface area contributed by atoms with Crippen LogP contribution in [-0.2, 0) is 12.8 Å². The van der Waals surface area contributed by atoms with Crippen LogP contribution >= 0.6 is 0 Å². The minimum Gasteiger partial charge on any atom is -0.478 e. The Bertz CT molecular complexity index is 657. The topological polar surface area (TPSA) is 40.5 Å². The third-order valence-corrected chi connectivity index (χ3v) is 3.96. The molecule has 3 rings (SSSR count). The number of carboxylic acid groups (broad SMARTS) is 1. The van der Waals surface area contributed by atoms with E-state index in [-0.39, 0.29) is 5.56 Å². The molecule has 0 aromatic heterocycles. The summed E-state index contributed by atoms with van der Waals surface area (Å²) in [5, 5.41) is 8.89. The van der Waals surface area contributed by atoms with Crippen LogP contribution in [0.15, 0.2) is 42.5 Å². The molecule has 0 saturated heterocycles. The van der Waals surface area contributed by atoms with E-state index < -0.39 is 11.8 Å². The van der Waals surface area contributed by atoms with Crippen LogP contribution in [0.25, 0.3) is 0 Å². The van der Waals surface area contributed by atoms with Crippen molar-refractivity contribution >= 4 is 11.7 Å². The van der Waals surface area contributed by atoms with Gasteiger partial charge in [0.2, 0.25) is 0 Å². The van der Waals surface area contributed by atoms with Crippen LogP contribution < -0.4 is 4.90 Å². The van der Waals surface area contributed by atoms with Crippen molar-refractivity contribution < 1.29 is 14.3 Å². The van der Waals surface area contributed by atoms with E-state index in [1.807, 2.05) is 17.0 Å². The number of hydrogen-bond donors (Lipinski definition) is 1. The number of benzene rings is 2. The average Bonchev–Trinajstić information content (AvgIpc) is 2.70. The normalized spacial score (nSPS) is 14.4. The van der Waals surface area contributed by atoms with E-state index in [1.165, 1.54) is 17.2 Å². The van der Waals surface area contributed by atoms with Gasteiger partial charge in [0.05, 0.1) is 11.3 Å². The van der Waals surface area contributed by atoms with Crippen molar-refractivity contribution in [1.82, 2.24) is 0 Å². The van der Waals surface area contributed by atoms with Crippen LogP contribution in [0.3, 0.4) is 0 Å². The van der Waals surface area contributed by atoms with Crippen molar-refractivity contribution in [3.63, 3.8) is 0 Å². The number of hydrogen-bond acceptors (Lipinski definition) is 2. The lowest BCUT2D eigenvalue weighted by atomic mass is 10.0. The molecule has 0 spiro atoms. The van der Waals surface area contributed by atoms with Gasteiger partial charge in [-0.05, 0) is 42.2 Å². The van der Waals surface area contributed by atoms with E-state index in [4.69, 9.17) is 5.11 Å². The smallest absolute Gasteiger partial charge is 0.335 e. The van der Waals surface area contributed by atoms with Crippen molar-refractivity contribution in [2.75, 3.05) is 18.0 Å². The molecule has 0 fully saturated rings. The van der Waals surface area contributed by atoms with Gasteiger partial charge in [-0.15, -0.1) is 0 Å². The number of anilines is 1. The molecule has 21 heavy (non-hydrogen) atoms. The molecule has 1 aliphatic heterocycles. The zero-order valence-electron chi connectivity index (χ0n) is 11.6. The number of carbonyl (C=O) groups is 1. The van der Waals surface area contributed by atoms with Crippen molar-refractivity contribution in [2.24, 2.45) is 0 Å². The Kier molecular flexibility index (Phi) is 3.60. The minimum absolute atomic E-state index is 0.0191. The molecule has 2 aromatic rings. The van der Waals surface area contributed by atoms with Crippen LogP contribution in [0.1, 0.15) is 21.5 Å². The van der Waals surface area contributed by atoms with E-state index in [1.54, 1.807) is 6.07 Å². The standard InChI is InChI=1S/C17H16FNO2/c18-15-11-14(17(20)21)5-6-16(15)19-9-7-12-3-1-2-4-13(12)8-10-19/h1-6,11H,7-10H2,(H,20,21). The summed E-state index contributed by atoms with van der Waals surface area (Å²) in [7, 11) is 0. The first-order chi connectivity index (χ1) is 10.1. The van der Waals surface area contributed by atoms with Crippen LogP contribution in [0.2, 0.25) is 0 Å². The van der Waals surface area contributed by atoms with Gasteiger partial charge in [0.15, 0.2) is 0 Å². The molecule has 0 atom stereocenters. The number of fused-ring (bicyclic) bond motifs is 1. The summed E-state index contributed by atoms with van der Waals surface area (Å²) in [5.41, 5.74) is 3.08. The molecule has 108 valence electrons. The van der Waals surface area contributed by atoms with E-state index in [2.05, 4.69) is 12.1 Å². The van der Waals surface area contributed by atoms with E-state index >= 15 is 0 Å². The molecule has 3 nitrogen and oxygen atoms in total. The average molecular weight is 285 g/mol. The van der Waals surface area contributed by atoms with E-state index in [9.17, 15) is 9.18 Å². The molecule has 1 heterocycles. The fourth-order valence-corrected chi connectivity index (χ4v) is 2.81. The van der Waals surface area contributed by atoms with Gasteiger partial charge in [0.1, 0.15) is 5.82 Å². The van der Waals surface area contributed by atoms with Gasteiger partial charge in [-0.1, -0.05) is 24.3 Å². The number of aromatic carboxylic acids is 1. The summed E-state index contributed by atoms with van der Waals surface area (Å²) < 4.78 is 14.2. The highest BCUT2D eigenvalue weighted by molar-refractivity contribution is 5.88. The molecule has 0 saturated carbocycles. The predicted octanol–water partition coefficient (Wildman–Crippen LogP) is 3.13. The van der Waals surface area contributed by atoms with Crippen LogP contribution in [0, 0.1) is 5.82 Å². The molecule has 0 bridgehead atoms. The lowest BCUT2D eigenvalue weighted by Crippen LogP contribution is -2.27. The molecule has 0 radical (unpaired) electrons. The lowest BCUT2D eigenvalue weighted by molar-refractivity contribution is 0.0696. The highest BCUT2D eigenvalue weighted by Crippen LogP contribution is 2.24. The minimum atomic E-state index is -1.11. The zero-order chi connectivity index (χ0) is 14.8. The number of carboxylic acids is 1. The van der Waals surface area contributed by atoms with Gasteiger partial charge in [-0.3, -0.25) is 0 Å². The summed E-state index contributed by atoms with van der Waals surface area (Å²) in [6.07, 6.45) is 1.74. The Morgan fingerprint density at radius 1 is 1.05 bits per heavy atom. The summed E-state index contributed by atoms with van der Waals surface area (Å²) in [6.45, 7) is 1.47. The summed E-state index contributed by atoms with van der Waals surface area (Å²) in [6, 6.07) is 12.4. The monoisotopic (exact) mass is 285 g/mol. The van der Waals surface area contributed by atoms with Gasteiger partial charge < -0.3 is 10.0 Å². The Morgan fingerprint density at radius 2 is 1.67 bits per heavy atom. The summed E-state index contributed by atoms with van der Waals surface area (Å²) in [4.78, 5) is 12.9. The first-order valence-corrected chi connectivity index (χ1v) is 7.00. The molecular formula is C17H16FNO2. The fourth-order valence-electron chi connectivity index (χ4n) is 2.81. The van der Waals surface area contributed by atoms with E-state index in [0.717, 1.165) is 32.0 Å². The van der Waals surface area contributed by atoms with Gasteiger partial charge in [-0.25, -0.2) is 9.18 Å². The van der Waals surface area contributed by atoms with Gasteiger partial charge >= 0.3 is 5.97 Å². The maximum absolute atomic E-state index is 14.2. The second kappa shape index (κ2) is 5.56. The quantitative estimate of drug-likeness (QED) is 0.921. The van der Waals surface area contributed by atoms with Crippen molar-refractivity contribution in [3.8, 4) is 0 Å². The van der Waals surface area contributed by atoms with Crippen molar-refractivity contribution in [3.05, 3.63) is 65.0 Å². The Labute approximate surface area is 122 Å². The summed E-state index contributed by atoms with van der Waals surface area (Å²) >= 11 is 0. The number of rotatable bonds is 2. The highest BCUT2D eigenvalue weighted by Gasteiger charge is 2.17. The van der Waals surface area contributed by atoms with Gasteiger partial charge in [0.25, 0.3) is 0 Å². The maximum Gasteiger partial charge on any atom is 0.335 e. The number of nitrogens with zero attached hydrogens (tertiary/aromatic N) is 1. The molecule has 1 N–H and O–H groups in total. The fraction of sp³-hybridized carbons (Fsp3) is 0.235. The maximum atomic E-state index is 14.2. The zero-order valence-corrected chi connectivity index (χ0v) is 11.6. The molecule has 0 amide bonds. The van der Waals surface area contributed by atoms with Crippen LogP contribution in [-0.4, -0.2) is 24.2 Å². The van der Waals surface area contributed by atoms with Crippen LogP contribution in [0.4, 0.5) is 10.1 Å². The Balaban J connectivity index is 1.84. The van der Waals surface area contributed by atoms with Crippen molar-refractivity contribution in [2.45, 2.75) is 12.8 Å². The third kappa shape index (κ3) is 2.75. The molecule has 0 aliphatic carbocycles. The van der Waals surface area contributed by atoms with Gasteiger partial charge in [-0.2, -0.15) is 0 Å². The SMILES string of the molecule is O=C(O)c1ccc(N2CCc3ccccc3CC2)c(F)c1. The second-order valence-corrected chi connectivity index (χ2v) is 5.23. The molecular weight excluding hydrogens is 269 g/mol. The number of halogens is 1. The molecule has 1 aliphatic rings. The first kappa shape index (κ1) is 13.6. The summed E-state index contributed by atoms with van der Waals surface area (Å²) in [5.74, 6) is -1.58. The largest absolute Gasteiger partial charge is 0.478 e. The van der Waals surface area contributed by atoms with Crippen molar-refractivity contribution in [1.29, 1.82) is 0 Å². The third-order valence-electron chi connectivity index (χ3n) is 3.96. The Hall–Kier alpha value is -2.36. The second-order valence-electron chi connectivity index (χ2n) is 5.23. The van der Waals surface area contributed by atoms with E-state index in [0.29, 0.717) is 5.69 Å². The Morgan fingerprint density at radius 3 is 2.19 bits per heavy atom. The van der Waals surface area contributed by atoms with Crippen LogP contribution in [0.5, 0.6) is 0 Å². The molecule has 0 unspecified atom stereocenters. The molecule has 2 aromatic carbocycles. The highest BCUT2D eigenvalue weighted by atomic mass is 19.1.